The number of halogens is 3. The number of aryl methyl sites for hydroxylation is 1. The molecule has 2 aromatic heterocycles. The lowest BCUT2D eigenvalue weighted by Gasteiger charge is -2.40. The van der Waals surface area contributed by atoms with Crippen molar-refractivity contribution in [2.45, 2.75) is 19.6 Å². The zero-order chi connectivity index (χ0) is 15.0. The molecule has 4 nitrogen and oxygen atoms in total. The van der Waals surface area contributed by atoms with Crippen molar-refractivity contribution in [2.75, 3.05) is 18.0 Å². The first kappa shape index (κ1) is 13.9. The first-order valence-electron chi connectivity index (χ1n) is 6.69. The Morgan fingerprint density at radius 1 is 1.24 bits per heavy atom. The van der Waals surface area contributed by atoms with Crippen LogP contribution in [0.4, 0.5) is 19.0 Å². The maximum Gasteiger partial charge on any atom is 0.417 e. The molecule has 0 spiro atoms. The highest BCUT2D eigenvalue weighted by Gasteiger charge is 2.32. The second-order valence-corrected chi connectivity index (χ2v) is 5.30. The van der Waals surface area contributed by atoms with Gasteiger partial charge in [0.15, 0.2) is 0 Å². The Balaban J connectivity index is 1.58. The summed E-state index contributed by atoms with van der Waals surface area (Å²) >= 11 is 0. The molecule has 1 fully saturated rings. The van der Waals surface area contributed by atoms with E-state index in [1.54, 1.807) is 6.20 Å². The van der Waals surface area contributed by atoms with Gasteiger partial charge >= 0.3 is 6.18 Å². The zero-order valence-electron chi connectivity index (χ0n) is 11.5. The smallest absolute Gasteiger partial charge is 0.356 e. The first-order chi connectivity index (χ1) is 9.93. The van der Waals surface area contributed by atoms with Crippen molar-refractivity contribution in [1.29, 1.82) is 0 Å². The molecule has 1 saturated heterocycles. The normalized spacial score (nSPS) is 16.1. The molecule has 0 saturated carbocycles. The summed E-state index contributed by atoms with van der Waals surface area (Å²) in [4.78, 5) is 10.1. The van der Waals surface area contributed by atoms with Crippen LogP contribution in [0.2, 0.25) is 0 Å². The van der Waals surface area contributed by atoms with Crippen molar-refractivity contribution in [1.82, 2.24) is 14.5 Å². The fourth-order valence-corrected chi connectivity index (χ4v) is 2.49. The molecule has 0 unspecified atom stereocenters. The number of nitrogens with zero attached hydrogens (tertiary/aromatic N) is 4. The molecule has 2 aromatic rings. The average Bonchev–Trinajstić information content (AvgIpc) is 2.78. The van der Waals surface area contributed by atoms with E-state index in [-0.39, 0.29) is 0 Å². The Hall–Kier alpha value is -2.05. The molecule has 1 aliphatic heterocycles. The fourth-order valence-electron chi connectivity index (χ4n) is 2.49. The van der Waals surface area contributed by atoms with E-state index < -0.39 is 11.7 Å². The molecule has 0 aromatic carbocycles. The molecular formula is C14H15F3N4. The van der Waals surface area contributed by atoms with E-state index in [1.807, 2.05) is 18.0 Å². The number of hydrogen-bond acceptors (Lipinski definition) is 3. The van der Waals surface area contributed by atoms with E-state index >= 15 is 0 Å². The number of alkyl halides is 3. The summed E-state index contributed by atoms with van der Waals surface area (Å²) in [5, 5.41) is 0. The molecule has 112 valence electrons. The predicted molar refractivity (Wildman–Crippen MR) is 71.9 cm³/mol. The maximum absolute atomic E-state index is 12.5. The standard InChI is InChI=1S/C14H15F3N4/c1-10-18-4-5-20(10)7-11-8-21(9-11)13-3-2-12(6-19-13)14(15,16)17/h2-6,11H,7-9H2,1H3. The van der Waals surface area contributed by atoms with Crippen LogP contribution in [-0.4, -0.2) is 27.6 Å². The van der Waals surface area contributed by atoms with E-state index in [0.29, 0.717) is 11.7 Å². The van der Waals surface area contributed by atoms with E-state index in [9.17, 15) is 13.2 Å². The lowest BCUT2D eigenvalue weighted by molar-refractivity contribution is -0.137. The van der Waals surface area contributed by atoms with Crippen LogP contribution in [0.25, 0.3) is 0 Å². The van der Waals surface area contributed by atoms with E-state index in [1.165, 1.54) is 6.07 Å². The van der Waals surface area contributed by atoms with Crippen LogP contribution < -0.4 is 4.90 Å². The molecule has 0 N–H and O–H groups in total. The molecular weight excluding hydrogens is 281 g/mol. The molecule has 0 bridgehead atoms. The Morgan fingerprint density at radius 3 is 2.52 bits per heavy atom. The summed E-state index contributed by atoms with van der Waals surface area (Å²) in [6.07, 6.45) is 0.266. The van der Waals surface area contributed by atoms with E-state index in [0.717, 1.165) is 37.7 Å². The predicted octanol–water partition coefficient (Wildman–Crippen LogP) is 2.74. The Bertz CT molecular complexity index is 612. The highest BCUT2D eigenvalue weighted by Crippen LogP contribution is 2.30. The van der Waals surface area contributed by atoms with Gasteiger partial charge in [0.25, 0.3) is 0 Å². The Morgan fingerprint density at radius 2 is 2.00 bits per heavy atom. The van der Waals surface area contributed by atoms with Crippen molar-refractivity contribution in [3.63, 3.8) is 0 Å². The SMILES string of the molecule is Cc1nccn1CC1CN(c2ccc(C(F)(F)F)cn2)C1. The van der Waals surface area contributed by atoms with Gasteiger partial charge in [-0.1, -0.05) is 0 Å². The second-order valence-electron chi connectivity index (χ2n) is 5.30. The molecule has 3 rings (SSSR count). The minimum atomic E-state index is -4.33. The second kappa shape index (κ2) is 5.05. The van der Waals surface area contributed by atoms with Crippen LogP contribution in [0.15, 0.2) is 30.7 Å². The number of rotatable bonds is 3. The highest BCUT2D eigenvalue weighted by molar-refractivity contribution is 5.42. The summed E-state index contributed by atoms with van der Waals surface area (Å²) in [5.74, 6) is 2.05. The van der Waals surface area contributed by atoms with Gasteiger partial charge in [0, 0.05) is 44.1 Å². The third kappa shape index (κ3) is 2.86. The molecule has 0 amide bonds. The van der Waals surface area contributed by atoms with Crippen molar-refractivity contribution < 1.29 is 13.2 Å². The van der Waals surface area contributed by atoms with Crippen LogP contribution in [0.5, 0.6) is 0 Å². The third-order valence-electron chi connectivity index (χ3n) is 3.73. The van der Waals surface area contributed by atoms with Gasteiger partial charge in [-0.05, 0) is 19.1 Å². The number of hydrogen-bond donors (Lipinski definition) is 0. The Labute approximate surface area is 120 Å². The molecule has 0 atom stereocenters. The van der Waals surface area contributed by atoms with Crippen molar-refractivity contribution >= 4 is 5.82 Å². The van der Waals surface area contributed by atoms with Crippen molar-refractivity contribution in [3.05, 3.63) is 42.1 Å². The summed E-state index contributed by atoms with van der Waals surface area (Å²) in [5.41, 5.74) is -0.711. The number of anilines is 1. The van der Waals surface area contributed by atoms with Crippen LogP contribution in [0, 0.1) is 12.8 Å². The lowest BCUT2D eigenvalue weighted by atomic mass is 10.00. The van der Waals surface area contributed by atoms with E-state index in [2.05, 4.69) is 14.5 Å². The fraction of sp³-hybridized carbons (Fsp3) is 0.429. The zero-order valence-corrected chi connectivity index (χ0v) is 11.5. The summed E-state index contributed by atoms with van der Waals surface area (Å²) < 4.78 is 39.5. The first-order valence-corrected chi connectivity index (χ1v) is 6.69. The number of pyridine rings is 1. The third-order valence-corrected chi connectivity index (χ3v) is 3.73. The average molecular weight is 296 g/mol. The van der Waals surface area contributed by atoms with Gasteiger partial charge in [0.1, 0.15) is 11.6 Å². The number of aromatic nitrogens is 3. The van der Waals surface area contributed by atoms with Crippen LogP contribution >= 0.6 is 0 Å². The van der Waals surface area contributed by atoms with Gasteiger partial charge in [0.2, 0.25) is 0 Å². The molecule has 7 heteroatoms. The van der Waals surface area contributed by atoms with Crippen LogP contribution in [0.1, 0.15) is 11.4 Å². The van der Waals surface area contributed by atoms with Gasteiger partial charge in [-0.25, -0.2) is 9.97 Å². The molecule has 3 heterocycles. The maximum atomic E-state index is 12.5. The van der Waals surface area contributed by atoms with Gasteiger partial charge in [-0.3, -0.25) is 0 Å². The monoisotopic (exact) mass is 296 g/mol. The van der Waals surface area contributed by atoms with Crippen LogP contribution in [-0.2, 0) is 12.7 Å². The quantitative estimate of drug-likeness (QED) is 0.873. The lowest BCUT2D eigenvalue weighted by Crippen LogP contribution is -2.49. The molecule has 1 aliphatic rings. The molecule has 0 radical (unpaired) electrons. The summed E-state index contributed by atoms with van der Waals surface area (Å²) in [6.45, 7) is 4.43. The summed E-state index contributed by atoms with van der Waals surface area (Å²) in [7, 11) is 0. The van der Waals surface area contributed by atoms with Gasteiger partial charge in [0.05, 0.1) is 5.56 Å². The van der Waals surface area contributed by atoms with Crippen LogP contribution in [0.3, 0.4) is 0 Å². The number of imidazole rings is 1. The van der Waals surface area contributed by atoms with Gasteiger partial charge < -0.3 is 9.47 Å². The molecule has 0 aliphatic carbocycles. The van der Waals surface area contributed by atoms with Crippen molar-refractivity contribution in [3.8, 4) is 0 Å². The summed E-state index contributed by atoms with van der Waals surface area (Å²) in [6, 6.07) is 2.51. The topological polar surface area (TPSA) is 34.0 Å². The largest absolute Gasteiger partial charge is 0.417 e. The molecule has 21 heavy (non-hydrogen) atoms. The van der Waals surface area contributed by atoms with Gasteiger partial charge in [-0.15, -0.1) is 0 Å². The minimum absolute atomic E-state index is 0.474. The van der Waals surface area contributed by atoms with Gasteiger partial charge in [-0.2, -0.15) is 13.2 Å². The highest BCUT2D eigenvalue weighted by atomic mass is 19.4. The van der Waals surface area contributed by atoms with E-state index in [4.69, 9.17) is 0 Å². The Kier molecular flexibility index (Phi) is 3.35. The van der Waals surface area contributed by atoms with Crippen molar-refractivity contribution in [2.24, 2.45) is 5.92 Å². The minimum Gasteiger partial charge on any atom is -0.356 e.